The van der Waals surface area contributed by atoms with Gasteiger partial charge >= 0.3 is 12.1 Å². The number of methoxy groups -OCH3 is 1. The molecule has 0 aromatic carbocycles. The summed E-state index contributed by atoms with van der Waals surface area (Å²) in [6.45, 7) is 5.30. The molecule has 22 heavy (non-hydrogen) atoms. The first-order chi connectivity index (χ1) is 10.2. The van der Waals surface area contributed by atoms with Gasteiger partial charge in [-0.25, -0.2) is 9.59 Å². The third kappa shape index (κ3) is 5.42. The number of amides is 1. The van der Waals surface area contributed by atoms with Crippen LogP contribution < -0.4 is 5.32 Å². The van der Waals surface area contributed by atoms with Crippen LogP contribution >= 0.6 is 11.6 Å². The number of esters is 1. The molecule has 1 aliphatic rings. The van der Waals surface area contributed by atoms with E-state index in [2.05, 4.69) is 17.2 Å². The molecule has 1 saturated carbocycles. The molecule has 1 rings (SSSR count). The van der Waals surface area contributed by atoms with E-state index in [1.165, 1.54) is 7.11 Å². The van der Waals surface area contributed by atoms with Gasteiger partial charge in [-0.05, 0) is 40.0 Å². The fourth-order valence-electron chi connectivity index (χ4n) is 2.27. The van der Waals surface area contributed by atoms with Crippen molar-refractivity contribution in [2.24, 2.45) is 5.92 Å². The standard InChI is InChI=1S/C16H24ClNO4/c1-15(2,3)22-14(20)18-16(13(19)21-4)10-12(11-16)8-6-5-7-9-17/h12H,5,7,9-11H2,1-4H3,(H,18,20). The van der Waals surface area contributed by atoms with Gasteiger partial charge in [-0.1, -0.05) is 5.92 Å². The molecule has 0 aromatic rings. The maximum absolute atomic E-state index is 12.0. The summed E-state index contributed by atoms with van der Waals surface area (Å²) in [7, 11) is 1.31. The molecule has 5 nitrogen and oxygen atoms in total. The Bertz CT molecular complexity index is 467. The average molecular weight is 330 g/mol. The topological polar surface area (TPSA) is 64.6 Å². The van der Waals surface area contributed by atoms with Crippen molar-refractivity contribution in [3.63, 3.8) is 0 Å². The first-order valence-corrected chi connectivity index (χ1v) is 7.90. The molecule has 1 amide bonds. The number of hydrogen-bond donors (Lipinski definition) is 1. The summed E-state index contributed by atoms with van der Waals surface area (Å²) >= 11 is 5.59. The SMILES string of the molecule is COC(=O)C1(NC(=O)OC(C)(C)C)CC(C#CCCCCl)C1. The monoisotopic (exact) mass is 329 g/mol. The Morgan fingerprint density at radius 1 is 1.36 bits per heavy atom. The summed E-state index contributed by atoms with van der Waals surface area (Å²) in [6.07, 6.45) is 1.84. The Balaban J connectivity index is 2.62. The number of rotatable bonds is 4. The van der Waals surface area contributed by atoms with Gasteiger partial charge in [0.1, 0.15) is 11.1 Å². The molecule has 0 saturated heterocycles. The second-order valence-corrected chi connectivity index (χ2v) is 6.80. The predicted molar refractivity (Wildman–Crippen MR) is 84.6 cm³/mol. The Hall–Kier alpha value is -1.41. The first-order valence-electron chi connectivity index (χ1n) is 7.36. The zero-order valence-electron chi connectivity index (χ0n) is 13.6. The summed E-state index contributed by atoms with van der Waals surface area (Å²) in [5, 5.41) is 2.64. The number of carbonyl (C=O) groups excluding carboxylic acids is 2. The average Bonchev–Trinajstić information content (AvgIpc) is 2.36. The molecule has 0 aromatic heterocycles. The van der Waals surface area contributed by atoms with Gasteiger partial charge in [0.2, 0.25) is 0 Å². The fraction of sp³-hybridized carbons (Fsp3) is 0.750. The lowest BCUT2D eigenvalue weighted by Gasteiger charge is -2.43. The second kappa shape index (κ2) is 7.73. The number of nitrogens with one attached hydrogen (secondary N) is 1. The zero-order valence-corrected chi connectivity index (χ0v) is 14.4. The minimum absolute atomic E-state index is 0.0735. The van der Waals surface area contributed by atoms with Crippen molar-refractivity contribution in [3.8, 4) is 11.8 Å². The number of ether oxygens (including phenoxy) is 2. The van der Waals surface area contributed by atoms with E-state index in [9.17, 15) is 9.59 Å². The number of halogens is 1. The van der Waals surface area contributed by atoms with Crippen molar-refractivity contribution >= 4 is 23.7 Å². The Morgan fingerprint density at radius 3 is 2.50 bits per heavy atom. The van der Waals surface area contributed by atoms with Crippen LogP contribution in [0.4, 0.5) is 4.79 Å². The van der Waals surface area contributed by atoms with E-state index in [1.54, 1.807) is 20.8 Å². The molecule has 1 aliphatic carbocycles. The lowest BCUT2D eigenvalue weighted by molar-refractivity contribution is -0.153. The molecule has 0 bridgehead atoms. The number of alkyl carbamates (subject to hydrolysis) is 1. The highest BCUT2D eigenvalue weighted by Gasteiger charge is 2.52. The molecule has 0 heterocycles. The van der Waals surface area contributed by atoms with Crippen LogP contribution in [0.25, 0.3) is 0 Å². The fourth-order valence-corrected chi connectivity index (χ4v) is 2.40. The van der Waals surface area contributed by atoms with E-state index < -0.39 is 23.2 Å². The third-order valence-electron chi connectivity index (χ3n) is 3.25. The lowest BCUT2D eigenvalue weighted by atomic mass is 9.68. The summed E-state index contributed by atoms with van der Waals surface area (Å²) in [4.78, 5) is 23.9. The summed E-state index contributed by atoms with van der Waals surface area (Å²) < 4.78 is 10.0. The predicted octanol–water partition coefficient (Wildman–Crippen LogP) is 2.86. The van der Waals surface area contributed by atoms with Crippen molar-refractivity contribution in [3.05, 3.63) is 0 Å². The molecule has 0 aliphatic heterocycles. The molecule has 1 fully saturated rings. The van der Waals surface area contributed by atoms with Crippen molar-refractivity contribution in [2.75, 3.05) is 13.0 Å². The van der Waals surface area contributed by atoms with Crippen LogP contribution in [0.5, 0.6) is 0 Å². The zero-order chi connectivity index (χ0) is 16.8. The van der Waals surface area contributed by atoms with Gasteiger partial charge in [0.15, 0.2) is 0 Å². The highest BCUT2D eigenvalue weighted by atomic mass is 35.5. The van der Waals surface area contributed by atoms with Crippen molar-refractivity contribution in [1.82, 2.24) is 5.32 Å². The largest absolute Gasteiger partial charge is 0.467 e. The van der Waals surface area contributed by atoms with Gasteiger partial charge in [-0.3, -0.25) is 0 Å². The van der Waals surface area contributed by atoms with Gasteiger partial charge in [0.05, 0.1) is 7.11 Å². The molecule has 0 atom stereocenters. The summed E-state index contributed by atoms with van der Waals surface area (Å²) in [5.41, 5.74) is -1.64. The number of carbonyl (C=O) groups is 2. The minimum atomic E-state index is -1.02. The van der Waals surface area contributed by atoms with Gasteiger partial charge in [0, 0.05) is 18.2 Å². The Morgan fingerprint density at radius 2 is 2.00 bits per heavy atom. The quantitative estimate of drug-likeness (QED) is 0.373. The van der Waals surface area contributed by atoms with E-state index in [1.807, 2.05) is 0 Å². The Labute approximate surface area is 137 Å². The van der Waals surface area contributed by atoms with Crippen molar-refractivity contribution < 1.29 is 19.1 Å². The Kier molecular flexibility index (Phi) is 6.55. The maximum atomic E-state index is 12.0. The maximum Gasteiger partial charge on any atom is 0.408 e. The van der Waals surface area contributed by atoms with Gasteiger partial charge in [-0.15, -0.1) is 17.5 Å². The molecular formula is C16H24ClNO4. The summed E-state index contributed by atoms with van der Waals surface area (Å²) in [6, 6.07) is 0. The number of unbranched alkanes of at least 4 members (excludes halogenated alkanes) is 1. The number of hydrogen-bond acceptors (Lipinski definition) is 4. The molecule has 6 heteroatoms. The van der Waals surface area contributed by atoms with Gasteiger partial charge in [-0.2, -0.15) is 0 Å². The molecule has 0 unspecified atom stereocenters. The van der Waals surface area contributed by atoms with Crippen molar-refractivity contribution in [1.29, 1.82) is 0 Å². The second-order valence-electron chi connectivity index (χ2n) is 6.42. The van der Waals surface area contributed by atoms with Crippen LogP contribution in [-0.4, -0.2) is 36.2 Å². The van der Waals surface area contributed by atoms with Crippen molar-refractivity contribution in [2.45, 2.75) is 57.6 Å². The van der Waals surface area contributed by atoms with Crippen LogP contribution in [0.2, 0.25) is 0 Å². The van der Waals surface area contributed by atoms with Crippen LogP contribution in [-0.2, 0) is 14.3 Å². The first kappa shape index (κ1) is 18.6. The molecule has 124 valence electrons. The lowest BCUT2D eigenvalue weighted by Crippen LogP contribution is -2.63. The molecular weight excluding hydrogens is 306 g/mol. The van der Waals surface area contributed by atoms with E-state index in [0.29, 0.717) is 18.7 Å². The minimum Gasteiger partial charge on any atom is -0.467 e. The molecule has 0 spiro atoms. The van der Waals surface area contributed by atoms with Crippen LogP contribution in [0, 0.1) is 17.8 Å². The van der Waals surface area contributed by atoms with E-state index >= 15 is 0 Å². The molecule has 0 radical (unpaired) electrons. The van der Waals surface area contributed by atoms with Crippen LogP contribution in [0.3, 0.4) is 0 Å². The highest BCUT2D eigenvalue weighted by molar-refractivity contribution is 6.17. The third-order valence-corrected chi connectivity index (χ3v) is 3.51. The number of alkyl halides is 1. The smallest absolute Gasteiger partial charge is 0.408 e. The van der Waals surface area contributed by atoms with E-state index in [-0.39, 0.29) is 5.92 Å². The van der Waals surface area contributed by atoms with Gasteiger partial charge in [0.25, 0.3) is 0 Å². The van der Waals surface area contributed by atoms with Gasteiger partial charge < -0.3 is 14.8 Å². The van der Waals surface area contributed by atoms with Crippen LogP contribution in [0.15, 0.2) is 0 Å². The molecule has 1 N–H and O–H groups in total. The highest BCUT2D eigenvalue weighted by Crippen LogP contribution is 2.38. The normalized spacial score (nSPS) is 23.6. The van der Waals surface area contributed by atoms with E-state index in [0.717, 1.165) is 12.8 Å². The van der Waals surface area contributed by atoms with Crippen LogP contribution in [0.1, 0.15) is 46.5 Å². The van der Waals surface area contributed by atoms with E-state index in [4.69, 9.17) is 21.1 Å². The summed E-state index contributed by atoms with van der Waals surface area (Å²) in [5.74, 6) is 6.35.